The Morgan fingerprint density at radius 1 is 0.939 bits per heavy atom. The molecule has 3 aromatic rings. The highest BCUT2D eigenvalue weighted by Crippen LogP contribution is 2.28. The summed E-state index contributed by atoms with van der Waals surface area (Å²) in [6.45, 7) is 2.92. The third-order valence-corrected chi connectivity index (χ3v) is 6.26. The number of benzene rings is 3. The number of hydrogen-bond acceptors (Lipinski definition) is 3. The molecule has 1 saturated carbocycles. The van der Waals surface area contributed by atoms with Crippen LogP contribution in [-0.4, -0.2) is 11.4 Å². The van der Waals surface area contributed by atoms with Crippen LogP contribution in [0.3, 0.4) is 0 Å². The standard InChI is InChI=1S/C29H31N3O/c1-22-9-11-24(12-10-22)21-31-29(18-5-2-6-19-29)20-17-23-13-15-25(16-14-23)28(33)32-27-8-4-3-7-26(27)30/h3-4,7-16,31H,2,5-6,18-19,21,30H2,1H3,(H,32,33). The number of carbonyl (C=O) groups excluding carboxylic acids is 1. The molecule has 0 heterocycles. The molecule has 4 nitrogen and oxygen atoms in total. The number of aryl methyl sites for hydroxylation is 1. The van der Waals surface area contributed by atoms with Crippen LogP contribution in [0.5, 0.6) is 0 Å². The molecule has 0 unspecified atom stereocenters. The van der Waals surface area contributed by atoms with Crippen LogP contribution in [0.25, 0.3) is 0 Å². The van der Waals surface area contributed by atoms with Gasteiger partial charge in [-0.2, -0.15) is 0 Å². The van der Waals surface area contributed by atoms with E-state index in [9.17, 15) is 4.79 Å². The van der Waals surface area contributed by atoms with Crippen molar-refractivity contribution in [3.8, 4) is 11.8 Å². The second-order valence-corrected chi connectivity index (χ2v) is 8.85. The van der Waals surface area contributed by atoms with Gasteiger partial charge in [0.25, 0.3) is 5.91 Å². The van der Waals surface area contributed by atoms with Gasteiger partial charge in [-0.25, -0.2) is 0 Å². The molecule has 33 heavy (non-hydrogen) atoms. The highest BCUT2D eigenvalue weighted by atomic mass is 16.1. The minimum Gasteiger partial charge on any atom is -0.397 e. The van der Waals surface area contributed by atoms with E-state index in [0.29, 0.717) is 16.9 Å². The number of anilines is 2. The van der Waals surface area contributed by atoms with Crippen molar-refractivity contribution >= 4 is 17.3 Å². The molecule has 1 amide bonds. The summed E-state index contributed by atoms with van der Waals surface area (Å²) >= 11 is 0. The minimum absolute atomic E-state index is 0.163. The normalized spacial score (nSPS) is 14.7. The van der Waals surface area contributed by atoms with Crippen LogP contribution in [0, 0.1) is 18.8 Å². The monoisotopic (exact) mass is 437 g/mol. The predicted octanol–water partition coefficient (Wildman–Crippen LogP) is 5.67. The van der Waals surface area contributed by atoms with Crippen molar-refractivity contribution in [2.75, 3.05) is 11.1 Å². The zero-order valence-corrected chi connectivity index (χ0v) is 19.2. The molecule has 0 radical (unpaired) electrons. The van der Waals surface area contributed by atoms with Crippen LogP contribution in [-0.2, 0) is 6.54 Å². The molecule has 0 spiro atoms. The van der Waals surface area contributed by atoms with Gasteiger partial charge in [0, 0.05) is 17.7 Å². The first-order valence-electron chi connectivity index (χ1n) is 11.6. The highest BCUT2D eigenvalue weighted by molar-refractivity contribution is 6.05. The van der Waals surface area contributed by atoms with Crippen molar-refractivity contribution in [2.45, 2.75) is 51.1 Å². The van der Waals surface area contributed by atoms with Gasteiger partial charge in [0.15, 0.2) is 0 Å². The van der Waals surface area contributed by atoms with E-state index in [0.717, 1.165) is 24.9 Å². The summed E-state index contributed by atoms with van der Waals surface area (Å²) in [5.74, 6) is 6.73. The summed E-state index contributed by atoms with van der Waals surface area (Å²) in [7, 11) is 0. The Bertz CT molecular complexity index is 1150. The van der Waals surface area contributed by atoms with E-state index in [4.69, 9.17) is 5.73 Å². The molecule has 0 aromatic heterocycles. The lowest BCUT2D eigenvalue weighted by Crippen LogP contribution is -2.45. The molecule has 0 saturated heterocycles. The smallest absolute Gasteiger partial charge is 0.255 e. The highest BCUT2D eigenvalue weighted by Gasteiger charge is 2.29. The van der Waals surface area contributed by atoms with Gasteiger partial charge in [0.05, 0.1) is 16.9 Å². The van der Waals surface area contributed by atoms with E-state index < -0.39 is 0 Å². The summed E-state index contributed by atoms with van der Waals surface area (Å²) < 4.78 is 0. The Morgan fingerprint density at radius 2 is 1.64 bits per heavy atom. The van der Waals surface area contributed by atoms with Crippen LogP contribution in [0.15, 0.2) is 72.8 Å². The first-order valence-corrected chi connectivity index (χ1v) is 11.6. The second kappa shape index (κ2) is 10.4. The van der Waals surface area contributed by atoms with E-state index in [1.165, 1.54) is 30.4 Å². The van der Waals surface area contributed by atoms with E-state index in [1.807, 2.05) is 36.4 Å². The third kappa shape index (κ3) is 6.03. The molecular formula is C29H31N3O. The summed E-state index contributed by atoms with van der Waals surface area (Å²) in [5.41, 5.74) is 11.0. The third-order valence-electron chi connectivity index (χ3n) is 6.26. The average molecular weight is 438 g/mol. The maximum absolute atomic E-state index is 12.6. The fraction of sp³-hybridized carbons (Fsp3) is 0.276. The zero-order chi connectivity index (χ0) is 23.1. The van der Waals surface area contributed by atoms with E-state index >= 15 is 0 Å². The van der Waals surface area contributed by atoms with Crippen LogP contribution in [0.1, 0.15) is 59.2 Å². The Kier molecular flexibility index (Phi) is 7.12. The molecule has 4 rings (SSSR count). The number of carbonyl (C=O) groups is 1. The maximum atomic E-state index is 12.6. The molecule has 1 aliphatic rings. The topological polar surface area (TPSA) is 67.2 Å². The van der Waals surface area contributed by atoms with Crippen LogP contribution < -0.4 is 16.4 Å². The molecule has 168 valence electrons. The summed E-state index contributed by atoms with van der Waals surface area (Å²) in [6.07, 6.45) is 5.77. The second-order valence-electron chi connectivity index (χ2n) is 8.85. The largest absolute Gasteiger partial charge is 0.397 e. The Labute approximate surface area is 196 Å². The first-order chi connectivity index (χ1) is 16.0. The summed E-state index contributed by atoms with van der Waals surface area (Å²) in [5, 5.41) is 6.62. The number of nitrogens with two attached hydrogens (primary N) is 1. The van der Waals surface area contributed by atoms with Gasteiger partial charge < -0.3 is 11.1 Å². The van der Waals surface area contributed by atoms with Gasteiger partial charge in [-0.15, -0.1) is 0 Å². The first kappa shape index (κ1) is 22.6. The van der Waals surface area contributed by atoms with Gasteiger partial charge >= 0.3 is 0 Å². The van der Waals surface area contributed by atoms with Gasteiger partial charge in [0.2, 0.25) is 0 Å². The molecule has 4 N–H and O–H groups in total. The molecule has 1 fully saturated rings. The zero-order valence-electron chi connectivity index (χ0n) is 19.2. The average Bonchev–Trinajstić information content (AvgIpc) is 2.85. The van der Waals surface area contributed by atoms with Gasteiger partial charge in [0.1, 0.15) is 0 Å². The van der Waals surface area contributed by atoms with E-state index in [-0.39, 0.29) is 11.4 Å². The maximum Gasteiger partial charge on any atom is 0.255 e. The molecule has 1 aliphatic carbocycles. The summed E-state index contributed by atoms with van der Waals surface area (Å²) in [4.78, 5) is 12.6. The van der Waals surface area contributed by atoms with E-state index in [1.54, 1.807) is 12.1 Å². The Morgan fingerprint density at radius 3 is 2.33 bits per heavy atom. The van der Waals surface area contributed by atoms with Crippen molar-refractivity contribution < 1.29 is 4.79 Å². The molecule has 3 aromatic carbocycles. The van der Waals surface area contributed by atoms with Gasteiger partial charge in [-0.3, -0.25) is 10.1 Å². The van der Waals surface area contributed by atoms with Crippen LogP contribution >= 0.6 is 0 Å². The fourth-order valence-corrected chi connectivity index (χ4v) is 4.18. The Balaban J connectivity index is 1.44. The quantitative estimate of drug-likeness (QED) is 0.356. The van der Waals surface area contributed by atoms with Crippen molar-refractivity contribution in [3.05, 3.63) is 95.1 Å². The van der Waals surface area contributed by atoms with Crippen molar-refractivity contribution in [3.63, 3.8) is 0 Å². The Hall–Kier alpha value is -3.55. The molecule has 4 heteroatoms. The lowest BCUT2D eigenvalue weighted by molar-refractivity contribution is 0.102. The number of para-hydroxylation sites is 2. The number of amides is 1. The van der Waals surface area contributed by atoms with Crippen LogP contribution in [0.4, 0.5) is 11.4 Å². The van der Waals surface area contributed by atoms with Crippen molar-refractivity contribution in [2.24, 2.45) is 0 Å². The van der Waals surface area contributed by atoms with Gasteiger partial charge in [-0.1, -0.05) is 73.1 Å². The molecular weight excluding hydrogens is 406 g/mol. The van der Waals surface area contributed by atoms with Crippen molar-refractivity contribution in [1.82, 2.24) is 5.32 Å². The van der Waals surface area contributed by atoms with Gasteiger partial charge in [-0.05, 0) is 61.7 Å². The molecule has 0 bridgehead atoms. The lowest BCUT2D eigenvalue weighted by Gasteiger charge is -2.34. The predicted molar refractivity (Wildman–Crippen MR) is 136 cm³/mol. The number of rotatable bonds is 5. The number of nitrogen functional groups attached to an aromatic ring is 1. The fourth-order valence-electron chi connectivity index (χ4n) is 4.18. The minimum atomic E-state index is -0.184. The number of nitrogens with one attached hydrogen (secondary N) is 2. The molecule has 0 aliphatic heterocycles. The summed E-state index contributed by atoms with van der Waals surface area (Å²) in [6, 6.07) is 23.4. The van der Waals surface area contributed by atoms with Crippen LogP contribution in [0.2, 0.25) is 0 Å². The number of hydrogen-bond donors (Lipinski definition) is 3. The molecule has 0 atom stereocenters. The SMILES string of the molecule is Cc1ccc(CNC2(C#Cc3ccc(C(=O)Nc4ccccc4N)cc3)CCCCC2)cc1. The van der Waals surface area contributed by atoms with E-state index in [2.05, 4.69) is 53.7 Å². The lowest BCUT2D eigenvalue weighted by atomic mass is 9.81. The van der Waals surface area contributed by atoms with Crippen molar-refractivity contribution in [1.29, 1.82) is 0 Å².